The number of nitrogens with zero attached hydrogens (tertiary/aromatic N) is 2. The molecule has 2 aromatic carbocycles. The predicted octanol–water partition coefficient (Wildman–Crippen LogP) is 4.39. The summed E-state index contributed by atoms with van der Waals surface area (Å²) in [5, 5.41) is 3.12. The number of hydrogen-bond acceptors (Lipinski definition) is 3. The summed E-state index contributed by atoms with van der Waals surface area (Å²) >= 11 is 3.43. The third-order valence-corrected chi connectivity index (χ3v) is 4.36. The average molecular weight is 400 g/mol. The van der Waals surface area contributed by atoms with Crippen LogP contribution < -0.4 is 10.3 Å². The van der Waals surface area contributed by atoms with Crippen LogP contribution in [-0.4, -0.2) is 22.6 Å². The number of aromatic amines is 1. The fraction of sp³-hybridized carbons (Fsp3) is 0.158. The Hall–Kier alpha value is -2.60. The van der Waals surface area contributed by atoms with Gasteiger partial charge in [-0.2, -0.15) is 0 Å². The van der Waals surface area contributed by atoms with Gasteiger partial charge in [0.1, 0.15) is 5.75 Å². The molecule has 0 spiro atoms. The van der Waals surface area contributed by atoms with Gasteiger partial charge in [0, 0.05) is 10.2 Å². The van der Waals surface area contributed by atoms with E-state index in [9.17, 15) is 4.79 Å². The van der Waals surface area contributed by atoms with Crippen LogP contribution in [0, 0.1) is 6.92 Å². The number of nitrogens with one attached hydrogen (secondary N) is 1. The predicted molar refractivity (Wildman–Crippen MR) is 104 cm³/mol. The molecule has 128 valence electrons. The fourth-order valence-electron chi connectivity index (χ4n) is 2.68. The van der Waals surface area contributed by atoms with Gasteiger partial charge in [-0.1, -0.05) is 22.0 Å². The first-order valence-electron chi connectivity index (χ1n) is 7.77. The van der Waals surface area contributed by atoms with Gasteiger partial charge in [0.15, 0.2) is 0 Å². The molecule has 0 aliphatic carbocycles. The first-order valence-corrected chi connectivity index (χ1v) is 8.56. The number of benzene rings is 2. The topological polar surface area (TPSA) is 59.4 Å². The molecule has 0 radical (unpaired) electrons. The third kappa shape index (κ3) is 3.58. The van der Waals surface area contributed by atoms with Crippen molar-refractivity contribution in [3.63, 3.8) is 0 Å². The van der Waals surface area contributed by atoms with Crippen molar-refractivity contribution in [3.05, 3.63) is 74.6 Å². The lowest BCUT2D eigenvalue weighted by atomic mass is 10.1. The number of rotatable bonds is 4. The minimum absolute atomic E-state index is 0.126. The van der Waals surface area contributed by atoms with Crippen LogP contribution in [0.3, 0.4) is 0 Å². The fourth-order valence-corrected chi connectivity index (χ4v) is 3.07. The molecule has 0 aliphatic rings. The van der Waals surface area contributed by atoms with Crippen molar-refractivity contribution in [2.45, 2.75) is 13.8 Å². The summed E-state index contributed by atoms with van der Waals surface area (Å²) in [6.07, 6.45) is 0. The van der Waals surface area contributed by atoms with Crippen molar-refractivity contribution in [1.29, 1.82) is 0 Å². The maximum absolute atomic E-state index is 12.9. The third-order valence-electron chi connectivity index (χ3n) is 3.87. The standard InChI is InChI=1S/C19H18BrN3O2/c1-12(21-15-6-4-5-14(20)11-15)18-13(2)22-23(19(18)24)16-7-9-17(25-3)10-8-16/h4-11,22H,1-3H3. The number of hydrogen-bond donors (Lipinski definition) is 1. The summed E-state index contributed by atoms with van der Waals surface area (Å²) in [5.74, 6) is 0.743. The van der Waals surface area contributed by atoms with Crippen molar-refractivity contribution in [1.82, 2.24) is 9.78 Å². The molecule has 3 aromatic rings. The second kappa shape index (κ2) is 7.11. The highest BCUT2D eigenvalue weighted by atomic mass is 79.9. The molecule has 0 bridgehead atoms. The Labute approximate surface area is 154 Å². The largest absolute Gasteiger partial charge is 0.497 e. The summed E-state index contributed by atoms with van der Waals surface area (Å²) in [6, 6.07) is 15.0. The number of aromatic nitrogens is 2. The summed E-state index contributed by atoms with van der Waals surface area (Å²) < 4.78 is 7.62. The molecule has 1 heterocycles. The summed E-state index contributed by atoms with van der Waals surface area (Å²) in [4.78, 5) is 17.4. The zero-order valence-electron chi connectivity index (χ0n) is 14.2. The van der Waals surface area contributed by atoms with Gasteiger partial charge in [0.05, 0.1) is 29.8 Å². The molecule has 0 amide bonds. The van der Waals surface area contributed by atoms with Gasteiger partial charge < -0.3 is 4.74 Å². The van der Waals surface area contributed by atoms with E-state index in [1.165, 1.54) is 4.68 Å². The van der Waals surface area contributed by atoms with Crippen molar-refractivity contribution in [2.75, 3.05) is 7.11 Å². The van der Waals surface area contributed by atoms with E-state index in [1.807, 2.05) is 62.4 Å². The van der Waals surface area contributed by atoms with Crippen LogP contribution in [-0.2, 0) is 0 Å². The number of aryl methyl sites for hydroxylation is 1. The molecular weight excluding hydrogens is 382 g/mol. The van der Waals surface area contributed by atoms with E-state index in [-0.39, 0.29) is 5.56 Å². The number of halogens is 1. The van der Waals surface area contributed by atoms with E-state index in [0.717, 1.165) is 27.3 Å². The molecular formula is C19H18BrN3O2. The van der Waals surface area contributed by atoms with Crippen LogP contribution in [0.15, 0.2) is 62.8 Å². The number of H-pyrrole nitrogens is 1. The number of ether oxygens (including phenoxy) is 1. The minimum Gasteiger partial charge on any atom is -0.497 e. The van der Waals surface area contributed by atoms with Crippen LogP contribution in [0.1, 0.15) is 18.2 Å². The van der Waals surface area contributed by atoms with Crippen LogP contribution in [0.2, 0.25) is 0 Å². The summed E-state index contributed by atoms with van der Waals surface area (Å²) in [6.45, 7) is 3.72. The van der Waals surface area contributed by atoms with Gasteiger partial charge in [0.2, 0.25) is 0 Å². The number of aliphatic imine (C=N–C) groups is 1. The maximum atomic E-state index is 12.9. The molecule has 0 saturated heterocycles. The molecule has 5 nitrogen and oxygen atoms in total. The molecule has 1 N–H and O–H groups in total. The van der Waals surface area contributed by atoms with E-state index in [1.54, 1.807) is 7.11 Å². The van der Waals surface area contributed by atoms with Crippen molar-refractivity contribution >= 4 is 27.3 Å². The zero-order chi connectivity index (χ0) is 18.0. The minimum atomic E-state index is -0.126. The zero-order valence-corrected chi connectivity index (χ0v) is 15.8. The van der Waals surface area contributed by atoms with Crippen molar-refractivity contribution < 1.29 is 4.74 Å². The SMILES string of the molecule is COc1ccc(-n2[nH]c(C)c(C(C)=Nc3cccc(Br)c3)c2=O)cc1. The molecule has 6 heteroatoms. The lowest BCUT2D eigenvalue weighted by molar-refractivity contribution is 0.414. The Balaban J connectivity index is 2.03. The Kier molecular flexibility index (Phi) is 4.90. The molecule has 3 rings (SSSR count). The lowest BCUT2D eigenvalue weighted by Crippen LogP contribution is -2.19. The van der Waals surface area contributed by atoms with Gasteiger partial charge >= 0.3 is 0 Å². The first-order chi connectivity index (χ1) is 12.0. The van der Waals surface area contributed by atoms with Gasteiger partial charge in [0.25, 0.3) is 5.56 Å². The Morgan fingerprint density at radius 1 is 1.20 bits per heavy atom. The summed E-state index contributed by atoms with van der Waals surface area (Å²) in [5.41, 5.74) is 3.44. The molecule has 0 aliphatic heterocycles. The lowest BCUT2D eigenvalue weighted by Gasteiger charge is -2.03. The smallest absolute Gasteiger partial charge is 0.280 e. The van der Waals surface area contributed by atoms with Crippen LogP contribution >= 0.6 is 15.9 Å². The van der Waals surface area contributed by atoms with Gasteiger partial charge in [-0.05, 0) is 56.3 Å². The average Bonchev–Trinajstić information content (AvgIpc) is 2.89. The quantitative estimate of drug-likeness (QED) is 0.661. The van der Waals surface area contributed by atoms with Crippen LogP contribution in [0.25, 0.3) is 5.69 Å². The van der Waals surface area contributed by atoms with E-state index >= 15 is 0 Å². The highest BCUT2D eigenvalue weighted by molar-refractivity contribution is 9.10. The van der Waals surface area contributed by atoms with Crippen LogP contribution in [0.4, 0.5) is 5.69 Å². The van der Waals surface area contributed by atoms with Gasteiger partial charge in [-0.3, -0.25) is 14.9 Å². The van der Waals surface area contributed by atoms with Crippen molar-refractivity contribution in [3.8, 4) is 11.4 Å². The Bertz CT molecular complexity index is 985. The normalized spacial score (nSPS) is 11.6. The van der Waals surface area contributed by atoms with Crippen LogP contribution in [0.5, 0.6) is 5.75 Å². The van der Waals surface area contributed by atoms with Crippen molar-refractivity contribution in [2.24, 2.45) is 4.99 Å². The monoisotopic (exact) mass is 399 g/mol. The Morgan fingerprint density at radius 3 is 2.56 bits per heavy atom. The Morgan fingerprint density at radius 2 is 1.92 bits per heavy atom. The summed E-state index contributed by atoms with van der Waals surface area (Å²) in [7, 11) is 1.61. The maximum Gasteiger partial charge on any atom is 0.280 e. The molecule has 0 fully saturated rings. The van der Waals surface area contributed by atoms with Gasteiger partial charge in [-0.25, -0.2) is 4.68 Å². The first kappa shape index (κ1) is 17.2. The number of methoxy groups -OCH3 is 1. The highest BCUT2D eigenvalue weighted by Gasteiger charge is 2.15. The van der Waals surface area contributed by atoms with E-state index in [4.69, 9.17) is 4.74 Å². The second-order valence-corrected chi connectivity index (χ2v) is 6.54. The van der Waals surface area contributed by atoms with Gasteiger partial charge in [-0.15, -0.1) is 0 Å². The second-order valence-electron chi connectivity index (χ2n) is 5.63. The van der Waals surface area contributed by atoms with E-state index < -0.39 is 0 Å². The molecule has 0 saturated carbocycles. The molecule has 25 heavy (non-hydrogen) atoms. The molecule has 0 atom stereocenters. The van der Waals surface area contributed by atoms with E-state index in [2.05, 4.69) is 26.0 Å². The van der Waals surface area contributed by atoms with E-state index in [0.29, 0.717) is 11.3 Å². The highest BCUT2D eigenvalue weighted by Crippen LogP contribution is 2.20. The molecule has 0 unspecified atom stereocenters. The molecule has 1 aromatic heterocycles.